The molecule has 2 aromatic rings. The molecule has 1 aromatic carbocycles. The first-order chi connectivity index (χ1) is 13.6. The summed E-state index contributed by atoms with van der Waals surface area (Å²) in [6.07, 6.45) is 0.929. The Morgan fingerprint density at radius 3 is 2.64 bits per heavy atom. The van der Waals surface area contributed by atoms with Gasteiger partial charge in [-0.3, -0.25) is 0 Å². The van der Waals surface area contributed by atoms with Crippen molar-refractivity contribution in [2.45, 2.75) is 26.4 Å². The van der Waals surface area contributed by atoms with Gasteiger partial charge in [-0.25, -0.2) is 9.98 Å². The summed E-state index contributed by atoms with van der Waals surface area (Å²) in [6, 6.07) is 7.95. The summed E-state index contributed by atoms with van der Waals surface area (Å²) >= 11 is 1.64. The largest absolute Gasteiger partial charge is 0.497 e. The lowest BCUT2D eigenvalue weighted by atomic mass is 10.2. The number of hydrogen-bond donors (Lipinski definition) is 2. The second kappa shape index (κ2) is 12.2. The maximum Gasteiger partial charge on any atom is 0.191 e. The van der Waals surface area contributed by atoms with Crippen molar-refractivity contribution in [3.63, 3.8) is 0 Å². The van der Waals surface area contributed by atoms with Crippen LogP contribution >= 0.6 is 11.3 Å². The van der Waals surface area contributed by atoms with E-state index >= 15 is 0 Å². The van der Waals surface area contributed by atoms with Gasteiger partial charge in [0.2, 0.25) is 0 Å². The Morgan fingerprint density at radius 2 is 2.00 bits per heavy atom. The zero-order chi connectivity index (χ0) is 20.2. The molecule has 0 aliphatic carbocycles. The number of ether oxygens (including phenoxy) is 2. The van der Waals surface area contributed by atoms with Crippen LogP contribution in [0.3, 0.4) is 0 Å². The average molecular weight is 406 g/mol. The van der Waals surface area contributed by atoms with E-state index in [0.717, 1.165) is 54.3 Å². The summed E-state index contributed by atoms with van der Waals surface area (Å²) < 4.78 is 10.6. The topological polar surface area (TPSA) is 71.0 Å². The van der Waals surface area contributed by atoms with Crippen molar-refractivity contribution in [2.75, 3.05) is 45.9 Å². The number of nitrogens with one attached hydrogen (secondary N) is 2. The Morgan fingerprint density at radius 1 is 1.21 bits per heavy atom. The van der Waals surface area contributed by atoms with Crippen LogP contribution in [0.2, 0.25) is 0 Å². The first-order valence-corrected chi connectivity index (χ1v) is 10.3. The van der Waals surface area contributed by atoms with E-state index in [1.807, 2.05) is 50.2 Å². The first-order valence-electron chi connectivity index (χ1n) is 9.47. The van der Waals surface area contributed by atoms with Crippen LogP contribution in [0.1, 0.15) is 24.6 Å². The van der Waals surface area contributed by atoms with Crippen molar-refractivity contribution >= 4 is 22.4 Å². The number of aromatic nitrogens is 1. The number of guanidine groups is 1. The van der Waals surface area contributed by atoms with E-state index in [1.54, 1.807) is 18.4 Å². The molecule has 0 spiro atoms. The number of benzene rings is 1. The SMILES string of the molecule is CCOCCCNC(=NCc1ccc(OC)cc1)NCc1csc(N(C)C)n1. The number of rotatable bonds is 11. The van der Waals surface area contributed by atoms with Gasteiger partial charge >= 0.3 is 0 Å². The molecule has 8 heteroatoms. The Balaban J connectivity index is 1.93. The Kier molecular flexibility index (Phi) is 9.57. The van der Waals surface area contributed by atoms with Gasteiger partial charge in [-0.2, -0.15) is 0 Å². The van der Waals surface area contributed by atoms with Crippen LogP contribution in [0.5, 0.6) is 5.75 Å². The number of thiazole rings is 1. The molecule has 0 bridgehead atoms. The molecule has 1 aromatic heterocycles. The molecule has 0 amide bonds. The maximum absolute atomic E-state index is 5.40. The van der Waals surface area contributed by atoms with Gasteiger partial charge in [0.1, 0.15) is 5.75 Å². The summed E-state index contributed by atoms with van der Waals surface area (Å²) in [7, 11) is 5.66. The fourth-order valence-corrected chi connectivity index (χ4v) is 3.12. The molecule has 0 radical (unpaired) electrons. The molecule has 0 aliphatic heterocycles. The quantitative estimate of drug-likeness (QED) is 0.340. The van der Waals surface area contributed by atoms with Crippen molar-refractivity contribution < 1.29 is 9.47 Å². The highest BCUT2D eigenvalue weighted by molar-refractivity contribution is 7.13. The van der Waals surface area contributed by atoms with Crippen molar-refractivity contribution in [3.8, 4) is 5.75 Å². The molecule has 7 nitrogen and oxygen atoms in total. The molecule has 0 atom stereocenters. The van der Waals surface area contributed by atoms with Gasteiger partial charge in [-0.1, -0.05) is 12.1 Å². The van der Waals surface area contributed by atoms with E-state index in [2.05, 4.69) is 21.0 Å². The van der Waals surface area contributed by atoms with Crippen LogP contribution < -0.4 is 20.3 Å². The molecular formula is C20H31N5O2S. The molecule has 0 saturated carbocycles. The van der Waals surface area contributed by atoms with Crippen LogP contribution in [0.15, 0.2) is 34.6 Å². The second-order valence-electron chi connectivity index (χ2n) is 6.36. The summed E-state index contributed by atoms with van der Waals surface area (Å²) in [5.74, 6) is 1.62. The normalized spacial score (nSPS) is 11.4. The standard InChI is InChI=1S/C20H31N5O2S/c1-5-27-12-6-11-21-19(22-13-16-7-9-18(26-4)10-8-16)23-14-17-15-28-20(24-17)25(2)3/h7-10,15H,5-6,11-14H2,1-4H3,(H2,21,22,23). The van der Waals surface area contributed by atoms with E-state index in [0.29, 0.717) is 13.1 Å². The number of methoxy groups -OCH3 is 1. The lowest BCUT2D eigenvalue weighted by Crippen LogP contribution is -2.38. The summed E-state index contributed by atoms with van der Waals surface area (Å²) in [5, 5.41) is 9.81. The number of aliphatic imine (C=N–C) groups is 1. The molecule has 0 aliphatic rings. The minimum atomic E-state index is 0.588. The highest BCUT2D eigenvalue weighted by atomic mass is 32.1. The lowest BCUT2D eigenvalue weighted by Gasteiger charge is -2.12. The summed E-state index contributed by atoms with van der Waals surface area (Å²) in [5.41, 5.74) is 2.13. The molecule has 2 N–H and O–H groups in total. The zero-order valence-electron chi connectivity index (χ0n) is 17.2. The lowest BCUT2D eigenvalue weighted by molar-refractivity contribution is 0.145. The molecule has 0 unspecified atom stereocenters. The van der Waals surface area contributed by atoms with Gasteiger partial charge in [-0.05, 0) is 31.0 Å². The number of nitrogens with zero attached hydrogens (tertiary/aromatic N) is 3. The van der Waals surface area contributed by atoms with Crippen molar-refractivity contribution in [1.82, 2.24) is 15.6 Å². The average Bonchev–Trinajstić information content (AvgIpc) is 3.19. The number of hydrogen-bond acceptors (Lipinski definition) is 6. The van der Waals surface area contributed by atoms with Gasteiger partial charge in [-0.15, -0.1) is 11.3 Å². The fourth-order valence-electron chi connectivity index (χ4n) is 2.36. The van der Waals surface area contributed by atoms with Crippen LogP contribution in [0.25, 0.3) is 0 Å². The smallest absolute Gasteiger partial charge is 0.191 e. The van der Waals surface area contributed by atoms with Crippen LogP contribution in [-0.2, 0) is 17.8 Å². The van der Waals surface area contributed by atoms with Crippen LogP contribution in [0, 0.1) is 0 Å². The predicted octanol–water partition coefficient (Wildman–Crippen LogP) is 2.88. The summed E-state index contributed by atoms with van der Waals surface area (Å²) in [4.78, 5) is 11.3. The van der Waals surface area contributed by atoms with E-state index in [-0.39, 0.29) is 0 Å². The Labute approximate surface area is 171 Å². The van der Waals surface area contributed by atoms with Crippen molar-refractivity contribution in [3.05, 3.63) is 40.9 Å². The Bertz CT molecular complexity index is 716. The van der Waals surface area contributed by atoms with Crippen molar-refractivity contribution in [1.29, 1.82) is 0 Å². The maximum atomic E-state index is 5.40. The first kappa shape index (κ1) is 22.0. The van der Waals surface area contributed by atoms with Gasteiger partial charge < -0.3 is 25.0 Å². The highest BCUT2D eigenvalue weighted by Crippen LogP contribution is 2.17. The fraction of sp³-hybridized carbons (Fsp3) is 0.500. The third-order valence-electron chi connectivity index (χ3n) is 3.90. The van der Waals surface area contributed by atoms with E-state index < -0.39 is 0 Å². The summed E-state index contributed by atoms with van der Waals surface area (Å²) in [6.45, 7) is 5.51. The van der Waals surface area contributed by atoms with E-state index in [1.165, 1.54) is 0 Å². The molecule has 154 valence electrons. The third-order valence-corrected chi connectivity index (χ3v) is 4.96. The van der Waals surface area contributed by atoms with Crippen molar-refractivity contribution in [2.24, 2.45) is 4.99 Å². The molecule has 0 fully saturated rings. The minimum Gasteiger partial charge on any atom is -0.497 e. The van der Waals surface area contributed by atoms with Crippen LogP contribution in [0.4, 0.5) is 5.13 Å². The molecular weight excluding hydrogens is 374 g/mol. The molecule has 0 saturated heterocycles. The van der Waals surface area contributed by atoms with Gasteiger partial charge in [0.25, 0.3) is 0 Å². The van der Waals surface area contributed by atoms with Gasteiger partial charge in [0, 0.05) is 39.2 Å². The molecule has 2 rings (SSSR count). The van der Waals surface area contributed by atoms with Gasteiger partial charge in [0.15, 0.2) is 11.1 Å². The molecule has 1 heterocycles. The highest BCUT2D eigenvalue weighted by Gasteiger charge is 2.05. The zero-order valence-corrected chi connectivity index (χ0v) is 18.0. The predicted molar refractivity (Wildman–Crippen MR) is 117 cm³/mol. The van der Waals surface area contributed by atoms with E-state index in [4.69, 9.17) is 14.5 Å². The number of anilines is 1. The molecule has 28 heavy (non-hydrogen) atoms. The monoisotopic (exact) mass is 405 g/mol. The second-order valence-corrected chi connectivity index (χ2v) is 7.20. The third kappa shape index (κ3) is 7.74. The minimum absolute atomic E-state index is 0.588. The Hall–Kier alpha value is -2.32. The van der Waals surface area contributed by atoms with Crippen LogP contribution in [-0.4, -0.2) is 51.9 Å². The van der Waals surface area contributed by atoms with Gasteiger partial charge in [0.05, 0.1) is 25.9 Å². The van der Waals surface area contributed by atoms with E-state index in [9.17, 15) is 0 Å².